The van der Waals surface area contributed by atoms with E-state index in [9.17, 15) is 9.90 Å². The van der Waals surface area contributed by atoms with E-state index in [2.05, 4.69) is 65.7 Å². The van der Waals surface area contributed by atoms with Gasteiger partial charge in [0.05, 0.1) is 0 Å². The highest BCUT2D eigenvalue weighted by atomic mass is 16.3. The molecule has 1 amide bonds. The first-order valence-electron chi connectivity index (χ1n) is 10.9. The van der Waals surface area contributed by atoms with Crippen molar-refractivity contribution in [2.24, 2.45) is 0 Å². The molecule has 1 aliphatic heterocycles. The van der Waals surface area contributed by atoms with Gasteiger partial charge in [0.2, 0.25) is 0 Å². The van der Waals surface area contributed by atoms with Crippen LogP contribution in [0.5, 0.6) is 5.75 Å². The third-order valence-corrected chi connectivity index (χ3v) is 5.97. The number of carbonyl (C=O) groups excluding carboxylic acids is 1. The molecule has 4 rings (SSSR count). The number of nitrogens with zero attached hydrogens (tertiary/aromatic N) is 2. The highest BCUT2D eigenvalue weighted by Crippen LogP contribution is 2.20. The van der Waals surface area contributed by atoms with Gasteiger partial charge in [-0.25, -0.2) is 0 Å². The first kappa shape index (κ1) is 20.9. The summed E-state index contributed by atoms with van der Waals surface area (Å²) in [5.41, 5.74) is 4.73. The van der Waals surface area contributed by atoms with Crippen LogP contribution in [0.25, 0.3) is 0 Å². The SMILES string of the molecule is Cc1ccc([C@H]([NH2+]CC(=O)N2CCN(c3ccc(O)cc3)CC2)c2ccccc2)cc1. The monoisotopic (exact) mass is 416 g/mol. The molecule has 5 nitrogen and oxygen atoms in total. The Morgan fingerprint density at radius 3 is 2.13 bits per heavy atom. The van der Waals surface area contributed by atoms with Gasteiger partial charge in [-0.3, -0.25) is 4.79 Å². The molecule has 0 spiro atoms. The fourth-order valence-corrected chi connectivity index (χ4v) is 4.12. The van der Waals surface area contributed by atoms with Gasteiger partial charge in [-0.2, -0.15) is 0 Å². The Morgan fingerprint density at radius 2 is 1.48 bits per heavy atom. The van der Waals surface area contributed by atoms with Crippen molar-refractivity contribution in [1.29, 1.82) is 0 Å². The van der Waals surface area contributed by atoms with Gasteiger partial charge >= 0.3 is 0 Å². The summed E-state index contributed by atoms with van der Waals surface area (Å²) in [7, 11) is 0. The van der Waals surface area contributed by atoms with E-state index < -0.39 is 0 Å². The van der Waals surface area contributed by atoms with Gasteiger partial charge in [0.15, 0.2) is 6.54 Å². The molecule has 1 saturated heterocycles. The lowest BCUT2D eigenvalue weighted by Gasteiger charge is -2.36. The molecule has 1 fully saturated rings. The topological polar surface area (TPSA) is 60.4 Å². The molecule has 3 N–H and O–H groups in total. The van der Waals surface area contributed by atoms with Crippen LogP contribution >= 0.6 is 0 Å². The Bertz CT molecular complexity index is 979. The maximum atomic E-state index is 13.0. The minimum absolute atomic E-state index is 0.101. The van der Waals surface area contributed by atoms with Crippen LogP contribution in [0.4, 0.5) is 5.69 Å². The van der Waals surface area contributed by atoms with E-state index >= 15 is 0 Å². The number of amides is 1. The lowest BCUT2D eigenvalue weighted by atomic mass is 9.98. The standard InChI is InChI=1S/C26H29N3O2/c1-20-7-9-22(10-8-20)26(21-5-3-2-4-6-21)27-19-25(31)29-17-15-28(16-18-29)23-11-13-24(30)14-12-23/h2-14,26-27,30H,15-19H2,1H3/p+1/t26-/m1/s1. The second-order valence-electron chi connectivity index (χ2n) is 8.12. The Labute approximate surface area is 183 Å². The van der Waals surface area contributed by atoms with E-state index in [4.69, 9.17) is 0 Å². The van der Waals surface area contributed by atoms with Crippen molar-refractivity contribution in [3.63, 3.8) is 0 Å². The molecule has 31 heavy (non-hydrogen) atoms. The second-order valence-corrected chi connectivity index (χ2v) is 8.12. The molecule has 0 unspecified atom stereocenters. The maximum absolute atomic E-state index is 13.0. The summed E-state index contributed by atoms with van der Waals surface area (Å²) < 4.78 is 0. The molecule has 1 heterocycles. The predicted molar refractivity (Wildman–Crippen MR) is 123 cm³/mol. The highest BCUT2D eigenvalue weighted by molar-refractivity contribution is 5.77. The Kier molecular flexibility index (Phi) is 6.53. The number of benzene rings is 3. The van der Waals surface area contributed by atoms with Crippen molar-refractivity contribution in [1.82, 2.24) is 4.90 Å². The van der Waals surface area contributed by atoms with E-state index in [1.54, 1.807) is 12.1 Å². The summed E-state index contributed by atoms with van der Waals surface area (Å²) >= 11 is 0. The van der Waals surface area contributed by atoms with Gasteiger partial charge < -0.3 is 20.2 Å². The van der Waals surface area contributed by atoms with Gasteiger partial charge in [-0.1, -0.05) is 60.2 Å². The van der Waals surface area contributed by atoms with Gasteiger partial charge in [0.1, 0.15) is 11.8 Å². The molecule has 3 aromatic carbocycles. The maximum Gasteiger partial charge on any atom is 0.277 e. The molecule has 0 saturated carbocycles. The number of phenols is 1. The van der Waals surface area contributed by atoms with Crippen molar-refractivity contribution in [3.05, 3.63) is 95.6 Å². The number of aromatic hydroxyl groups is 1. The summed E-state index contributed by atoms with van der Waals surface area (Å²) in [5, 5.41) is 11.6. The van der Waals surface area contributed by atoms with Crippen molar-refractivity contribution >= 4 is 11.6 Å². The summed E-state index contributed by atoms with van der Waals surface area (Å²) in [6, 6.07) is 26.3. The van der Waals surface area contributed by atoms with Crippen molar-refractivity contribution in [2.75, 3.05) is 37.6 Å². The van der Waals surface area contributed by atoms with Gasteiger partial charge in [-0.15, -0.1) is 0 Å². The molecule has 1 atom stereocenters. The molecular formula is C26H30N3O2+. The lowest BCUT2D eigenvalue weighted by Crippen LogP contribution is -2.88. The average Bonchev–Trinajstić information content (AvgIpc) is 2.81. The normalized spacial score (nSPS) is 15.0. The number of piperazine rings is 1. The van der Waals surface area contributed by atoms with Gasteiger partial charge in [-0.05, 0) is 31.2 Å². The number of hydrogen-bond donors (Lipinski definition) is 2. The molecule has 0 radical (unpaired) electrons. The molecule has 5 heteroatoms. The molecule has 160 valence electrons. The van der Waals surface area contributed by atoms with Crippen LogP contribution in [0, 0.1) is 6.92 Å². The summed E-state index contributed by atoms with van der Waals surface area (Å²) in [5.74, 6) is 0.452. The van der Waals surface area contributed by atoms with Crippen LogP contribution in [-0.4, -0.2) is 48.6 Å². The van der Waals surface area contributed by atoms with Crippen molar-refractivity contribution < 1.29 is 15.2 Å². The molecule has 0 bridgehead atoms. The van der Waals surface area contributed by atoms with Crippen molar-refractivity contribution in [3.8, 4) is 5.75 Å². The van der Waals surface area contributed by atoms with E-state index in [1.165, 1.54) is 16.7 Å². The molecular weight excluding hydrogens is 386 g/mol. The third-order valence-electron chi connectivity index (χ3n) is 5.97. The number of hydrogen-bond acceptors (Lipinski definition) is 3. The number of phenolic OH excluding ortho intramolecular Hbond substituents is 1. The van der Waals surface area contributed by atoms with Crippen molar-refractivity contribution in [2.45, 2.75) is 13.0 Å². The zero-order valence-corrected chi connectivity index (χ0v) is 17.9. The minimum Gasteiger partial charge on any atom is -0.508 e. The predicted octanol–water partition coefficient (Wildman–Crippen LogP) is 2.70. The van der Waals surface area contributed by atoms with E-state index in [-0.39, 0.29) is 17.7 Å². The van der Waals surface area contributed by atoms with Crippen LogP contribution in [-0.2, 0) is 4.79 Å². The van der Waals surface area contributed by atoms with Crippen LogP contribution in [0.1, 0.15) is 22.7 Å². The Morgan fingerprint density at radius 1 is 0.871 bits per heavy atom. The first-order chi connectivity index (χ1) is 15.1. The number of nitrogens with two attached hydrogens (primary N) is 1. The highest BCUT2D eigenvalue weighted by Gasteiger charge is 2.24. The zero-order chi connectivity index (χ0) is 21.6. The lowest BCUT2D eigenvalue weighted by molar-refractivity contribution is -0.677. The average molecular weight is 417 g/mol. The van der Waals surface area contributed by atoms with Crippen LogP contribution in [0.15, 0.2) is 78.9 Å². The second kappa shape index (κ2) is 9.67. The number of quaternary nitrogens is 1. The summed E-state index contributed by atoms with van der Waals surface area (Å²) in [6.45, 7) is 5.55. The fourth-order valence-electron chi connectivity index (χ4n) is 4.12. The molecule has 0 aromatic heterocycles. The number of aryl methyl sites for hydroxylation is 1. The minimum atomic E-state index is 0.101. The Balaban J connectivity index is 1.37. The van der Waals surface area contributed by atoms with E-state index in [1.807, 2.05) is 23.1 Å². The summed E-state index contributed by atoms with van der Waals surface area (Å²) in [4.78, 5) is 17.2. The third kappa shape index (κ3) is 5.25. The largest absolute Gasteiger partial charge is 0.508 e. The summed E-state index contributed by atoms with van der Waals surface area (Å²) in [6.07, 6.45) is 0. The Hall–Kier alpha value is -3.31. The smallest absolute Gasteiger partial charge is 0.277 e. The number of rotatable bonds is 6. The van der Waals surface area contributed by atoms with Crippen LogP contribution in [0.2, 0.25) is 0 Å². The quantitative estimate of drug-likeness (QED) is 0.650. The fraction of sp³-hybridized carbons (Fsp3) is 0.269. The number of carbonyl (C=O) groups is 1. The van der Waals surface area contributed by atoms with E-state index in [0.29, 0.717) is 19.6 Å². The first-order valence-corrected chi connectivity index (χ1v) is 10.9. The van der Waals surface area contributed by atoms with E-state index in [0.717, 1.165) is 18.8 Å². The van der Waals surface area contributed by atoms with Crippen LogP contribution < -0.4 is 10.2 Å². The molecule has 0 aliphatic carbocycles. The van der Waals surface area contributed by atoms with Crippen LogP contribution in [0.3, 0.4) is 0 Å². The van der Waals surface area contributed by atoms with Gasteiger partial charge in [0.25, 0.3) is 5.91 Å². The zero-order valence-electron chi connectivity index (χ0n) is 17.9. The molecule has 1 aliphatic rings. The molecule has 3 aromatic rings. The van der Waals surface area contributed by atoms with Gasteiger partial charge in [0, 0.05) is 43.0 Å². The number of anilines is 1.